The Kier molecular flexibility index (Phi) is 5.37. The Balaban J connectivity index is 1.58. The van der Waals surface area contributed by atoms with Gasteiger partial charge in [-0.2, -0.15) is 9.90 Å². The third kappa shape index (κ3) is 4.62. The second-order valence-electron chi connectivity index (χ2n) is 4.97. The monoisotopic (exact) mass is 374 g/mol. The molecule has 1 aromatic heterocycles. The van der Waals surface area contributed by atoms with Crippen LogP contribution in [0.2, 0.25) is 10.0 Å². The van der Waals surface area contributed by atoms with Crippen molar-refractivity contribution in [1.82, 2.24) is 25.6 Å². The molecule has 1 heterocycles. The molecular weight excluding hydrogens is 363 g/mol. The highest BCUT2D eigenvalue weighted by atomic mass is 35.5. The Morgan fingerprint density at radius 3 is 2.76 bits per heavy atom. The summed E-state index contributed by atoms with van der Waals surface area (Å²) in [5, 5.41) is 16.7. The summed E-state index contributed by atoms with van der Waals surface area (Å²) in [5.41, 5.74) is 3.84. The summed E-state index contributed by atoms with van der Waals surface area (Å²) in [6, 6.07) is 14.3. The first-order valence-electron chi connectivity index (χ1n) is 7.22. The van der Waals surface area contributed by atoms with Gasteiger partial charge in [-0.05, 0) is 17.3 Å². The van der Waals surface area contributed by atoms with Gasteiger partial charge >= 0.3 is 0 Å². The molecule has 0 spiro atoms. The first-order valence-corrected chi connectivity index (χ1v) is 7.97. The van der Waals surface area contributed by atoms with Crippen LogP contribution in [-0.4, -0.2) is 32.3 Å². The highest BCUT2D eigenvalue weighted by Gasteiger charge is 2.08. The number of hydrazone groups is 1. The second-order valence-corrected chi connectivity index (χ2v) is 5.81. The first-order chi connectivity index (χ1) is 12.1. The van der Waals surface area contributed by atoms with Gasteiger partial charge in [0.2, 0.25) is 5.82 Å². The quantitative estimate of drug-likeness (QED) is 0.549. The Morgan fingerprint density at radius 1 is 1.20 bits per heavy atom. The zero-order valence-corrected chi connectivity index (χ0v) is 14.3. The Hall–Kier alpha value is -2.77. The van der Waals surface area contributed by atoms with E-state index in [-0.39, 0.29) is 6.54 Å². The maximum atomic E-state index is 11.9. The van der Waals surface area contributed by atoms with Crippen LogP contribution in [0.3, 0.4) is 0 Å². The van der Waals surface area contributed by atoms with E-state index in [9.17, 15) is 4.79 Å². The number of nitrogens with one attached hydrogen (secondary N) is 1. The van der Waals surface area contributed by atoms with E-state index in [1.807, 2.05) is 30.3 Å². The molecule has 1 N–H and O–H groups in total. The van der Waals surface area contributed by atoms with Gasteiger partial charge in [0.1, 0.15) is 6.54 Å². The number of carbonyl (C=O) groups excluding carboxylic acids is 1. The molecule has 0 saturated carbocycles. The normalized spacial score (nSPS) is 11.0. The lowest BCUT2D eigenvalue weighted by Gasteiger charge is -2.00. The molecule has 0 aliphatic carbocycles. The predicted molar refractivity (Wildman–Crippen MR) is 95.5 cm³/mol. The van der Waals surface area contributed by atoms with Crippen molar-refractivity contribution in [2.75, 3.05) is 0 Å². The van der Waals surface area contributed by atoms with Crippen LogP contribution in [0.5, 0.6) is 0 Å². The molecule has 0 radical (unpaired) electrons. The fourth-order valence-corrected chi connectivity index (χ4v) is 2.41. The predicted octanol–water partition coefficient (Wildman–Crippen LogP) is 2.80. The molecule has 1 amide bonds. The number of hydrogen-bond acceptors (Lipinski definition) is 5. The Labute approximate surface area is 153 Å². The topological polar surface area (TPSA) is 85.1 Å². The molecule has 0 fully saturated rings. The van der Waals surface area contributed by atoms with Gasteiger partial charge < -0.3 is 0 Å². The van der Waals surface area contributed by atoms with E-state index in [1.54, 1.807) is 18.2 Å². The summed E-state index contributed by atoms with van der Waals surface area (Å²) in [7, 11) is 0. The lowest BCUT2D eigenvalue weighted by atomic mass is 10.2. The number of amides is 1. The summed E-state index contributed by atoms with van der Waals surface area (Å²) >= 11 is 11.8. The van der Waals surface area contributed by atoms with E-state index < -0.39 is 5.91 Å². The summed E-state index contributed by atoms with van der Waals surface area (Å²) < 4.78 is 0. The van der Waals surface area contributed by atoms with Gasteiger partial charge in [-0.25, -0.2) is 5.43 Å². The van der Waals surface area contributed by atoms with Crippen LogP contribution in [0.15, 0.2) is 53.6 Å². The van der Waals surface area contributed by atoms with Crippen molar-refractivity contribution in [2.24, 2.45) is 5.10 Å². The van der Waals surface area contributed by atoms with Crippen molar-refractivity contribution in [2.45, 2.75) is 6.54 Å². The van der Waals surface area contributed by atoms with Crippen LogP contribution in [0, 0.1) is 0 Å². The number of halogens is 2. The fraction of sp³-hybridized carbons (Fsp3) is 0.0625. The molecule has 3 rings (SSSR count). The van der Waals surface area contributed by atoms with Crippen molar-refractivity contribution in [3.8, 4) is 11.4 Å². The lowest BCUT2D eigenvalue weighted by molar-refractivity contribution is -0.122. The summed E-state index contributed by atoms with van der Waals surface area (Å²) in [6.45, 7) is -0.106. The van der Waals surface area contributed by atoms with Crippen molar-refractivity contribution in [3.63, 3.8) is 0 Å². The second kappa shape index (κ2) is 7.87. The Morgan fingerprint density at radius 2 is 2.00 bits per heavy atom. The molecule has 126 valence electrons. The molecule has 9 heteroatoms. The van der Waals surface area contributed by atoms with Crippen molar-refractivity contribution in [1.29, 1.82) is 0 Å². The molecule has 0 saturated heterocycles. The number of rotatable bonds is 5. The van der Waals surface area contributed by atoms with Crippen LogP contribution in [0.1, 0.15) is 5.56 Å². The average Bonchev–Trinajstić information content (AvgIpc) is 3.06. The first kappa shape index (κ1) is 17.1. The molecule has 7 nitrogen and oxygen atoms in total. The van der Waals surface area contributed by atoms with E-state index in [2.05, 4.69) is 25.9 Å². The standard InChI is InChI=1S/C16H12Cl2N6O/c17-13-7-6-12(14(18)8-13)9-19-20-15(25)10-24-22-16(21-23-24)11-4-2-1-3-5-11/h1-9H,10H2,(H,20,25)/b19-9-. The smallest absolute Gasteiger partial charge is 0.263 e. The van der Waals surface area contributed by atoms with Crippen LogP contribution in [0.25, 0.3) is 11.4 Å². The zero-order chi connectivity index (χ0) is 17.6. The summed E-state index contributed by atoms with van der Waals surface area (Å²) in [5.74, 6) is 0.0585. The summed E-state index contributed by atoms with van der Waals surface area (Å²) in [6.07, 6.45) is 1.43. The van der Waals surface area contributed by atoms with E-state index in [0.29, 0.717) is 21.4 Å². The molecule has 0 unspecified atom stereocenters. The van der Waals surface area contributed by atoms with Crippen LogP contribution in [-0.2, 0) is 11.3 Å². The Bertz CT molecular complexity index is 910. The molecule has 0 aliphatic rings. The van der Waals surface area contributed by atoms with Gasteiger partial charge in [-0.15, -0.1) is 10.2 Å². The lowest BCUT2D eigenvalue weighted by Crippen LogP contribution is -2.24. The minimum atomic E-state index is -0.390. The number of aromatic nitrogens is 4. The van der Waals surface area contributed by atoms with Crippen molar-refractivity contribution in [3.05, 3.63) is 64.1 Å². The van der Waals surface area contributed by atoms with E-state index in [0.717, 1.165) is 5.56 Å². The summed E-state index contributed by atoms with van der Waals surface area (Å²) in [4.78, 5) is 13.1. The number of tetrazole rings is 1. The average molecular weight is 375 g/mol. The van der Waals surface area contributed by atoms with E-state index in [1.165, 1.54) is 11.0 Å². The molecule has 2 aromatic carbocycles. The number of carbonyl (C=O) groups is 1. The number of benzene rings is 2. The number of nitrogens with zero attached hydrogens (tertiary/aromatic N) is 5. The minimum Gasteiger partial charge on any atom is -0.271 e. The van der Waals surface area contributed by atoms with Gasteiger partial charge in [0.05, 0.1) is 11.2 Å². The van der Waals surface area contributed by atoms with Gasteiger partial charge in [-0.3, -0.25) is 4.79 Å². The third-order valence-electron chi connectivity index (χ3n) is 3.13. The van der Waals surface area contributed by atoms with Crippen molar-refractivity contribution < 1.29 is 4.79 Å². The third-order valence-corrected chi connectivity index (χ3v) is 3.69. The largest absolute Gasteiger partial charge is 0.271 e. The fourth-order valence-electron chi connectivity index (χ4n) is 1.96. The van der Waals surface area contributed by atoms with Gasteiger partial charge in [0.25, 0.3) is 5.91 Å². The molecule has 0 atom stereocenters. The van der Waals surface area contributed by atoms with Crippen molar-refractivity contribution >= 4 is 35.3 Å². The molecule has 25 heavy (non-hydrogen) atoms. The van der Waals surface area contributed by atoms with Gasteiger partial charge in [0, 0.05) is 16.1 Å². The van der Waals surface area contributed by atoms with Gasteiger partial charge in [0.15, 0.2) is 0 Å². The van der Waals surface area contributed by atoms with Crippen LogP contribution < -0.4 is 5.43 Å². The van der Waals surface area contributed by atoms with Gasteiger partial charge in [-0.1, -0.05) is 59.6 Å². The maximum Gasteiger partial charge on any atom is 0.263 e. The molecular formula is C16H12Cl2N6O. The molecule has 0 bridgehead atoms. The van der Waals surface area contributed by atoms with E-state index in [4.69, 9.17) is 23.2 Å². The SMILES string of the molecule is O=C(Cn1nnc(-c2ccccc2)n1)N/N=C\c1ccc(Cl)cc1Cl. The van der Waals surface area contributed by atoms with Crippen LogP contribution >= 0.6 is 23.2 Å². The molecule has 0 aliphatic heterocycles. The maximum absolute atomic E-state index is 11.9. The minimum absolute atomic E-state index is 0.106. The van der Waals surface area contributed by atoms with Crippen LogP contribution in [0.4, 0.5) is 0 Å². The highest BCUT2D eigenvalue weighted by Crippen LogP contribution is 2.19. The molecule has 3 aromatic rings. The number of hydrogen-bond donors (Lipinski definition) is 1. The zero-order valence-electron chi connectivity index (χ0n) is 12.8. The van der Waals surface area contributed by atoms with E-state index >= 15 is 0 Å². The highest BCUT2D eigenvalue weighted by molar-refractivity contribution is 6.36.